The molecule has 1 fully saturated rings. The Bertz CT molecular complexity index is 491. The summed E-state index contributed by atoms with van der Waals surface area (Å²) in [4.78, 5) is 30.8. The normalized spacial score (nSPS) is 13.7. The molecule has 0 radical (unpaired) electrons. The van der Waals surface area contributed by atoms with Crippen LogP contribution in [-0.2, 0) is 28.6 Å². The molecule has 1 saturated heterocycles. The van der Waals surface area contributed by atoms with E-state index in [9.17, 15) is 14.4 Å². The number of ether oxygens (including phenoxy) is 3. The molecule has 1 aliphatic rings. The van der Waals surface area contributed by atoms with Crippen LogP contribution in [0.3, 0.4) is 0 Å². The van der Waals surface area contributed by atoms with Gasteiger partial charge in [-0.1, -0.05) is 19.7 Å². The highest BCUT2D eigenvalue weighted by Gasteiger charge is 2.24. The predicted molar refractivity (Wildman–Crippen MR) is 90.8 cm³/mol. The number of hydrogen-bond acceptors (Lipinski definition) is 7. The second-order valence-electron chi connectivity index (χ2n) is 5.06. The van der Waals surface area contributed by atoms with Crippen LogP contribution in [0.1, 0.15) is 20.8 Å². The van der Waals surface area contributed by atoms with Crippen molar-refractivity contribution in [3.05, 3.63) is 36.5 Å². The Morgan fingerprint density at radius 2 is 1.40 bits per heavy atom. The van der Waals surface area contributed by atoms with E-state index in [0.717, 1.165) is 0 Å². The van der Waals surface area contributed by atoms with Crippen LogP contribution in [0.15, 0.2) is 36.5 Å². The van der Waals surface area contributed by atoms with Gasteiger partial charge in [0.2, 0.25) is 0 Å². The number of rotatable bonds is 7. The van der Waals surface area contributed by atoms with Gasteiger partial charge < -0.3 is 24.4 Å². The fraction of sp³-hybridized carbons (Fsp3) is 0.471. The molecular formula is C17H26O8. The summed E-state index contributed by atoms with van der Waals surface area (Å²) in [6.07, 6.45) is 0.142. The van der Waals surface area contributed by atoms with Crippen molar-refractivity contribution in [1.82, 2.24) is 0 Å². The molecule has 142 valence electrons. The van der Waals surface area contributed by atoms with Gasteiger partial charge in [-0.05, 0) is 20.8 Å². The van der Waals surface area contributed by atoms with Crippen LogP contribution in [-0.4, -0.2) is 60.7 Å². The molecule has 2 N–H and O–H groups in total. The van der Waals surface area contributed by atoms with Crippen LogP contribution in [0.4, 0.5) is 0 Å². The summed E-state index contributed by atoms with van der Waals surface area (Å²) in [6, 6.07) is 0. The number of carboxylic acid groups (broad SMARTS) is 1. The molecule has 1 atom stereocenters. The average Bonchev–Trinajstić information content (AvgIpc) is 3.35. The number of hydrogen-bond donors (Lipinski definition) is 2. The standard InChI is InChI=1S/C7H10O3.C6H10O3.C4H6O2/c1-5(2)7(8)10-4-6-3-9-6;1-5(2)6(8)9-4-3-7;1-3(2)4(5)6/h6H,1,3-4H2,2H3;7H,1,3-4H2,2H3;1H2,2H3,(H,5,6). The van der Waals surface area contributed by atoms with E-state index in [1.165, 1.54) is 6.92 Å². The van der Waals surface area contributed by atoms with Gasteiger partial charge in [-0.2, -0.15) is 0 Å². The molecule has 0 aromatic rings. The number of epoxide rings is 1. The molecule has 8 heteroatoms. The minimum atomic E-state index is -0.935. The minimum Gasteiger partial charge on any atom is -0.478 e. The molecule has 1 heterocycles. The van der Waals surface area contributed by atoms with Crippen molar-refractivity contribution in [2.24, 2.45) is 0 Å². The minimum absolute atomic E-state index is 0.0473. The Hall–Kier alpha value is -2.45. The van der Waals surface area contributed by atoms with Gasteiger partial charge in [0.05, 0.1) is 13.2 Å². The number of carboxylic acids is 1. The molecule has 0 spiro atoms. The summed E-state index contributed by atoms with van der Waals surface area (Å²) < 4.78 is 14.1. The molecule has 0 aromatic heterocycles. The maximum atomic E-state index is 10.7. The fourth-order valence-corrected chi connectivity index (χ4v) is 0.718. The first kappa shape index (κ1) is 24.8. The SMILES string of the molecule is C=C(C)C(=O)O.C=C(C)C(=O)OCC1CO1.C=C(C)C(=O)OCCO. The molecule has 0 aliphatic carbocycles. The number of carbonyl (C=O) groups excluding carboxylic acids is 2. The van der Waals surface area contributed by atoms with Crippen LogP contribution >= 0.6 is 0 Å². The first-order chi connectivity index (χ1) is 11.5. The second-order valence-corrected chi connectivity index (χ2v) is 5.06. The zero-order valence-corrected chi connectivity index (χ0v) is 14.9. The third kappa shape index (κ3) is 17.7. The Morgan fingerprint density at radius 1 is 1.00 bits per heavy atom. The largest absolute Gasteiger partial charge is 0.478 e. The molecule has 0 aromatic carbocycles. The number of aliphatic carboxylic acids is 1. The van der Waals surface area contributed by atoms with Crippen molar-refractivity contribution in [2.75, 3.05) is 26.4 Å². The van der Waals surface area contributed by atoms with Crippen LogP contribution in [0.5, 0.6) is 0 Å². The molecule has 0 bridgehead atoms. The van der Waals surface area contributed by atoms with Crippen molar-refractivity contribution in [3.8, 4) is 0 Å². The Labute approximate surface area is 147 Å². The van der Waals surface area contributed by atoms with Crippen molar-refractivity contribution in [1.29, 1.82) is 0 Å². The first-order valence-electron chi connectivity index (χ1n) is 7.29. The topological polar surface area (TPSA) is 123 Å². The van der Waals surface area contributed by atoms with Gasteiger partial charge in [0.25, 0.3) is 0 Å². The average molecular weight is 358 g/mol. The maximum absolute atomic E-state index is 10.7. The van der Waals surface area contributed by atoms with Crippen molar-refractivity contribution in [3.63, 3.8) is 0 Å². The Balaban J connectivity index is 0. The molecule has 1 unspecified atom stereocenters. The third-order valence-corrected chi connectivity index (χ3v) is 2.19. The van der Waals surface area contributed by atoms with Gasteiger partial charge in [0.15, 0.2) is 0 Å². The lowest BCUT2D eigenvalue weighted by Gasteiger charge is -1.99. The lowest BCUT2D eigenvalue weighted by atomic mass is 10.4. The van der Waals surface area contributed by atoms with Gasteiger partial charge >= 0.3 is 17.9 Å². The van der Waals surface area contributed by atoms with E-state index >= 15 is 0 Å². The summed E-state index contributed by atoms with van der Waals surface area (Å²) in [5.74, 6) is -1.73. The highest BCUT2D eigenvalue weighted by molar-refractivity contribution is 5.87. The zero-order chi connectivity index (χ0) is 20.0. The number of aliphatic hydroxyl groups is 1. The highest BCUT2D eigenvalue weighted by atomic mass is 16.6. The first-order valence-corrected chi connectivity index (χ1v) is 7.29. The van der Waals surface area contributed by atoms with E-state index in [2.05, 4.69) is 24.5 Å². The van der Waals surface area contributed by atoms with Crippen LogP contribution in [0, 0.1) is 0 Å². The predicted octanol–water partition coefficient (Wildman–Crippen LogP) is 1.25. The quantitative estimate of drug-likeness (QED) is 0.396. The fourth-order valence-electron chi connectivity index (χ4n) is 0.718. The number of aliphatic hydroxyl groups excluding tert-OH is 1. The summed E-state index contributed by atoms with van der Waals surface area (Å²) in [7, 11) is 0. The van der Waals surface area contributed by atoms with Gasteiger partial charge in [-0.25, -0.2) is 14.4 Å². The molecule has 0 amide bonds. The molecular weight excluding hydrogens is 332 g/mol. The van der Waals surface area contributed by atoms with E-state index in [1.54, 1.807) is 13.8 Å². The van der Waals surface area contributed by atoms with E-state index < -0.39 is 11.9 Å². The zero-order valence-electron chi connectivity index (χ0n) is 14.9. The lowest BCUT2D eigenvalue weighted by Crippen LogP contribution is -2.09. The summed E-state index contributed by atoms with van der Waals surface area (Å²) in [5.41, 5.74) is 0.958. The Kier molecular flexibility index (Phi) is 13.8. The maximum Gasteiger partial charge on any atom is 0.333 e. The second kappa shape index (κ2) is 13.9. The summed E-state index contributed by atoms with van der Waals surface area (Å²) in [5, 5.41) is 16.1. The van der Waals surface area contributed by atoms with Crippen LogP contribution < -0.4 is 0 Å². The van der Waals surface area contributed by atoms with Crippen LogP contribution in [0.25, 0.3) is 0 Å². The molecule has 25 heavy (non-hydrogen) atoms. The van der Waals surface area contributed by atoms with E-state index in [4.69, 9.17) is 19.7 Å². The summed E-state index contributed by atoms with van der Waals surface area (Å²) in [6.45, 7) is 15.6. The van der Waals surface area contributed by atoms with Crippen LogP contribution in [0.2, 0.25) is 0 Å². The van der Waals surface area contributed by atoms with E-state index in [0.29, 0.717) is 24.4 Å². The smallest absolute Gasteiger partial charge is 0.333 e. The van der Waals surface area contributed by atoms with Gasteiger partial charge in [-0.3, -0.25) is 0 Å². The molecule has 8 nitrogen and oxygen atoms in total. The molecule has 1 aliphatic heterocycles. The lowest BCUT2D eigenvalue weighted by molar-refractivity contribution is -0.140. The van der Waals surface area contributed by atoms with Crippen molar-refractivity contribution in [2.45, 2.75) is 26.9 Å². The molecule has 1 rings (SSSR count). The van der Waals surface area contributed by atoms with E-state index in [1.807, 2.05) is 0 Å². The summed E-state index contributed by atoms with van der Waals surface area (Å²) >= 11 is 0. The Morgan fingerprint density at radius 3 is 1.68 bits per heavy atom. The van der Waals surface area contributed by atoms with Gasteiger partial charge in [-0.15, -0.1) is 0 Å². The van der Waals surface area contributed by atoms with Crippen molar-refractivity contribution < 1.29 is 38.8 Å². The highest BCUT2D eigenvalue weighted by Crippen LogP contribution is 2.09. The monoisotopic (exact) mass is 358 g/mol. The third-order valence-electron chi connectivity index (χ3n) is 2.19. The number of carbonyl (C=O) groups is 3. The van der Waals surface area contributed by atoms with Gasteiger partial charge in [0, 0.05) is 16.7 Å². The van der Waals surface area contributed by atoms with Gasteiger partial charge in [0.1, 0.15) is 19.3 Å². The number of esters is 2. The molecule has 0 saturated carbocycles. The van der Waals surface area contributed by atoms with E-state index in [-0.39, 0.29) is 30.9 Å². The van der Waals surface area contributed by atoms with Crippen molar-refractivity contribution >= 4 is 17.9 Å².